The van der Waals surface area contributed by atoms with Crippen molar-refractivity contribution < 1.29 is 4.39 Å². The van der Waals surface area contributed by atoms with E-state index in [0.29, 0.717) is 0 Å². The largest absolute Gasteiger partial charge is 0.305 e. The SMILES string of the molecule is CCCNC(c1ccc(F)cc1)c1snnc1CC. The highest BCUT2D eigenvalue weighted by atomic mass is 32.1. The molecule has 3 nitrogen and oxygen atoms in total. The average molecular weight is 279 g/mol. The smallest absolute Gasteiger partial charge is 0.123 e. The van der Waals surface area contributed by atoms with E-state index in [0.717, 1.165) is 35.5 Å². The van der Waals surface area contributed by atoms with Gasteiger partial charge in [-0.15, -0.1) is 5.10 Å². The quantitative estimate of drug-likeness (QED) is 0.881. The fourth-order valence-corrected chi connectivity index (χ4v) is 2.83. The second-order valence-corrected chi connectivity index (χ2v) is 5.16. The summed E-state index contributed by atoms with van der Waals surface area (Å²) in [7, 11) is 0. The van der Waals surface area contributed by atoms with Crippen LogP contribution in [0.5, 0.6) is 0 Å². The molecule has 0 aliphatic rings. The molecule has 2 rings (SSSR count). The molecule has 0 saturated heterocycles. The van der Waals surface area contributed by atoms with Crippen LogP contribution in [-0.2, 0) is 6.42 Å². The average Bonchev–Trinajstić information content (AvgIpc) is 2.89. The number of hydrogen-bond donors (Lipinski definition) is 1. The lowest BCUT2D eigenvalue weighted by Crippen LogP contribution is -2.23. The zero-order valence-electron chi connectivity index (χ0n) is 11.2. The minimum atomic E-state index is -0.212. The summed E-state index contributed by atoms with van der Waals surface area (Å²) in [5.74, 6) is -0.212. The fraction of sp³-hybridized carbons (Fsp3) is 0.429. The van der Waals surface area contributed by atoms with Crippen LogP contribution in [0.4, 0.5) is 4.39 Å². The van der Waals surface area contributed by atoms with Crippen molar-refractivity contribution in [3.05, 3.63) is 46.2 Å². The van der Waals surface area contributed by atoms with Crippen LogP contribution < -0.4 is 5.32 Å². The van der Waals surface area contributed by atoms with Gasteiger partial charge < -0.3 is 5.32 Å². The third-order valence-electron chi connectivity index (χ3n) is 2.98. The molecule has 0 aliphatic heterocycles. The molecule has 19 heavy (non-hydrogen) atoms. The number of aryl methyl sites for hydroxylation is 1. The zero-order chi connectivity index (χ0) is 13.7. The summed E-state index contributed by atoms with van der Waals surface area (Å²) in [5.41, 5.74) is 2.07. The molecule has 102 valence electrons. The van der Waals surface area contributed by atoms with E-state index in [2.05, 4.69) is 28.8 Å². The highest BCUT2D eigenvalue weighted by molar-refractivity contribution is 7.05. The molecule has 1 heterocycles. The summed E-state index contributed by atoms with van der Waals surface area (Å²) in [4.78, 5) is 1.13. The first-order chi connectivity index (χ1) is 9.26. The minimum Gasteiger partial charge on any atom is -0.305 e. The standard InChI is InChI=1S/C14H18FN3S/c1-3-9-16-13(10-5-7-11(15)8-6-10)14-12(4-2)17-18-19-14/h5-8,13,16H,3-4,9H2,1-2H3. The first-order valence-electron chi connectivity index (χ1n) is 6.56. The zero-order valence-corrected chi connectivity index (χ0v) is 12.0. The van der Waals surface area contributed by atoms with Crippen molar-refractivity contribution in [1.82, 2.24) is 14.9 Å². The van der Waals surface area contributed by atoms with E-state index in [4.69, 9.17) is 0 Å². The Labute approximate surface area is 117 Å². The highest BCUT2D eigenvalue weighted by Crippen LogP contribution is 2.27. The molecule has 1 unspecified atom stereocenters. The van der Waals surface area contributed by atoms with Gasteiger partial charge in [-0.1, -0.05) is 30.5 Å². The van der Waals surface area contributed by atoms with Crippen LogP contribution in [0, 0.1) is 5.82 Å². The van der Waals surface area contributed by atoms with Crippen molar-refractivity contribution in [1.29, 1.82) is 0 Å². The van der Waals surface area contributed by atoms with Crippen LogP contribution in [0.2, 0.25) is 0 Å². The Morgan fingerprint density at radius 1 is 1.26 bits per heavy atom. The van der Waals surface area contributed by atoms with Crippen LogP contribution in [0.25, 0.3) is 0 Å². The van der Waals surface area contributed by atoms with Gasteiger partial charge in [-0.05, 0) is 48.6 Å². The van der Waals surface area contributed by atoms with Crippen molar-refractivity contribution in [2.24, 2.45) is 0 Å². The lowest BCUT2D eigenvalue weighted by atomic mass is 10.0. The molecule has 0 fully saturated rings. The van der Waals surface area contributed by atoms with E-state index >= 15 is 0 Å². The molecule has 0 spiro atoms. The van der Waals surface area contributed by atoms with Crippen LogP contribution in [0.1, 0.15) is 42.4 Å². The Morgan fingerprint density at radius 3 is 2.63 bits per heavy atom. The maximum atomic E-state index is 13.0. The van der Waals surface area contributed by atoms with Gasteiger partial charge in [0.2, 0.25) is 0 Å². The minimum absolute atomic E-state index is 0.0514. The summed E-state index contributed by atoms with van der Waals surface area (Å²) in [6.07, 6.45) is 1.91. The van der Waals surface area contributed by atoms with Crippen LogP contribution in [-0.4, -0.2) is 16.1 Å². The molecule has 5 heteroatoms. The molecule has 2 aromatic rings. The molecule has 0 saturated carbocycles. The first-order valence-corrected chi connectivity index (χ1v) is 7.33. The Hall–Kier alpha value is -1.33. The van der Waals surface area contributed by atoms with Crippen molar-refractivity contribution in [3.63, 3.8) is 0 Å². The van der Waals surface area contributed by atoms with Gasteiger partial charge >= 0.3 is 0 Å². The van der Waals surface area contributed by atoms with Crippen molar-refractivity contribution in [2.45, 2.75) is 32.7 Å². The molecule has 1 aromatic heterocycles. The number of nitrogens with one attached hydrogen (secondary N) is 1. The summed E-state index contributed by atoms with van der Waals surface area (Å²) in [6, 6.07) is 6.69. The highest BCUT2D eigenvalue weighted by Gasteiger charge is 2.19. The maximum absolute atomic E-state index is 13.0. The molecule has 1 aromatic carbocycles. The maximum Gasteiger partial charge on any atom is 0.123 e. The first kappa shape index (κ1) is 14.1. The monoisotopic (exact) mass is 279 g/mol. The lowest BCUT2D eigenvalue weighted by Gasteiger charge is -2.18. The van der Waals surface area contributed by atoms with Crippen molar-refractivity contribution in [3.8, 4) is 0 Å². The van der Waals surface area contributed by atoms with Crippen molar-refractivity contribution in [2.75, 3.05) is 6.54 Å². The molecule has 0 amide bonds. The lowest BCUT2D eigenvalue weighted by molar-refractivity contribution is 0.595. The Morgan fingerprint density at radius 2 is 2.00 bits per heavy atom. The Balaban J connectivity index is 2.32. The second kappa shape index (κ2) is 6.73. The Kier molecular flexibility index (Phi) is 4.99. The molecule has 0 radical (unpaired) electrons. The summed E-state index contributed by atoms with van der Waals surface area (Å²) >= 11 is 1.41. The second-order valence-electron chi connectivity index (χ2n) is 4.38. The predicted octanol–water partition coefficient (Wildman–Crippen LogP) is 3.33. The number of nitrogens with zero attached hydrogens (tertiary/aromatic N) is 2. The normalized spacial score (nSPS) is 12.6. The number of halogens is 1. The van der Waals surface area contributed by atoms with E-state index in [9.17, 15) is 4.39 Å². The number of rotatable bonds is 6. The van der Waals surface area contributed by atoms with Crippen LogP contribution >= 0.6 is 11.5 Å². The van der Waals surface area contributed by atoms with Gasteiger partial charge in [0.15, 0.2) is 0 Å². The van der Waals surface area contributed by atoms with Gasteiger partial charge in [0.25, 0.3) is 0 Å². The van der Waals surface area contributed by atoms with Gasteiger partial charge in [-0.2, -0.15) is 0 Å². The number of hydrogen-bond acceptors (Lipinski definition) is 4. The number of benzene rings is 1. The fourth-order valence-electron chi connectivity index (χ4n) is 1.99. The third kappa shape index (κ3) is 3.36. The van der Waals surface area contributed by atoms with Crippen LogP contribution in [0.15, 0.2) is 24.3 Å². The molecule has 1 N–H and O–H groups in total. The van der Waals surface area contributed by atoms with E-state index in [1.54, 1.807) is 0 Å². The molecular weight excluding hydrogens is 261 g/mol. The molecule has 0 bridgehead atoms. The van der Waals surface area contributed by atoms with E-state index in [1.165, 1.54) is 23.7 Å². The van der Waals surface area contributed by atoms with E-state index in [1.807, 2.05) is 12.1 Å². The molecule has 1 atom stereocenters. The molecular formula is C14H18FN3S. The number of aromatic nitrogens is 2. The summed E-state index contributed by atoms with van der Waals surface area (Å²) in [5, 5.41) is 7.65. The van der Waals surface area contributed by atoms with Crippen molar-refractivity contribution >= 4 is 11.5 Å². The van der Waals surface area contributed by atoms with Gasteiger partial charge in [0, 0.05) is 0 Å². The van der Waals surface area contributed by atoms with Gasteiger partial charge in [0.1, 0.15) is 5.82 Å². The topological polar surface area (TPSA) is 37.8 Å². The predicted molar refractivity (Wildman–Crippen MR) is 75.8 cm³/mol. The van der Waals surface area contributed by atoms with E-state index < -0.39 is 0 Å². The van der Waals surface area contributed by atoms with Gasteiger partial charge in [0.05, 0.1) is 16.6 Å². The Bertz CT molecular complexity index is 510. The third-order valence-corrected chi connectivity index (χ3v) is 3.82. The summed E-state index contributed by atoms with van der Waals surface area (Å²) in [6.45, 7) is 5.10. The van der Waals surface area contributed by atoms with E-state index in [-0.39, 0.29) is 11.9 Å². The summed E-state index contributed by atoms with van der Waals surface area (Å²) < 4.78 is 17.1. The molecule has 0 aliphatic carbocycles. The van der Waals surface area contributed by atoms with Crippen LogP contribution in [0.3, 0.4) is 0 Å². The van der Waals surface area contributed by atoms with Gasteiger partial charge in [-0.3, -0.25) is 0 Å². The van der Waals surface area contributed by atoms with Gasteiger partial charge in [-0.25, -0.2) is 4.39 Å².